The van der Waals surface area contributed by atoms with E-state index in [0.717, 1.165) is 16.9 Å². The number of hydrogen-bond acceptors (Lipinski definition) is 2. The van der Waals surface area contributed by atoms with Gasteiger partial charge in [-0.25, -0.2) is 0 Å². The van der Waals surface area contributed by atoms with E-state index in [1.54, 1.807) is 0 Å². The molecule has 1 aromatic heterocycles. The van der Waals surface area contributed by atoms with Crippen molar-refractivity contribution in [2.45, 2.75) is 58.0 Å². The minimum atomic E-state index is -0.275. The number of fused-ring (bicyclic) bond motifs is 2. The first-order valence-corrected chi connectivity index (χ1v) is 12.9. The quantitative estimate of drug-likeness (QED) is 0.347. The van der Waals surface area contributed by atoms with Crippen LogP contribution >= 0.6 is 0 Å². The molecular formula is C30H34N4O2. The molecule has 6 heteroatoms. The average Bonchev–Trinajstić information content (AvgIpc) is 3.22. The van der Waals surface area contributed by atoms with Gasteiger partial charge in [0.05, 0.1) is 13.1 Å². The molecule has 6 nitrogen and oxygen atoms in total. The standard InChI is InChI=1S/C30H34N4O2/c1-21(32(2)3)31-29(35)28-18-17-26-20-34(27-12-8-7-11-25(27)19-33(26)28)30(36)24-15-13-23(14-16-24)22-9-5-4-6-10-22/h7-8,11-18,22H,4-6,9-10,19-20H2,1-3H3. The second-order valence-electron chi connectivity index (χ2n) is 10.1. The van der Waals surface area contributed by atoms with Gasteiger partial charge in [0.15, 0.2) is 0 Å². The lowest BCUT2D eigenvalue weighted by Gasteiger charge is -2.24. The van der Waals surface area contributed by atoms with E-state index in [1.807, 2.05) is 83.9 Å². The Balaban J connectivity index is 1.46. The van der Waals surface area contributed by atoms with Gasteiger partial charge in [-0.15, -0.1) is 0 Å². The Morgan fingerprint density at radius 1 is 0.889 bits per heavy atom. The summed E-state index contributed by atoms with van der Waals surface area (Å²) in [7, 11) is 3.73. The summed E-state index contributed by atoms with van der Waals surface area (Å²) in [5.74, 6) is 0.961. The Morgan fingerprint density at radius 3 is 2.33 bits per heavy atom. The van der Waals surface area contributed by atoms with E-state index >= 15 is 0 Å². The van der Waals surface area contributed by atoms with Crippen molar-refractivity contribution in [2.75, 3.05) is 19.0 Å². The van der Waals surface area contributed by atoms with Gasteiger partial charge >= 0.3 is 0 Å². The van der Waals surface area contributed by atoms with Gasteiger partial charge in [0, 0.05) is 31.0 Å². The van der Waals surface area contributed by atoms with Crippen molar-refractivity contribution >= 4 is 23.3 Å². The molecule has 2 amide bonds. The van der Waals surface area contributed by atoms with Gasteiger partial charge < -0.3 is 14.4 Å². The highest BCUT2D eigenvalue weighted by Gasteiger charge is 2.27. The largest absolute Gasteiger partial charge is 0.366 e. The van der Waals surface area contributed by atoms with Crippen LogP contribution in [0.4, 0.5) is 5.69 Å². The number of carbonyl (C=O) groups is 2. The number of rotatable bonds is 3. The van der Waals surface area contributed by atoms with E-state index in [0.29, 0.717) is 36.1 Å². The molecule has 0 atom stereocenters. The highest BCUT2D eigenvalue weighted by molar-refractivity contribution is 6.07. The molecule has 1 aliphatic carbocycles. The molecule has 0 radical (unpaired) electrons. The van der Waals surface area contributed by atoms with Crippen molar-refractivity contribution in [3.8, 4) is 0 Å². The molecule has 5 rings (SSSR count). The number of nitrogens with zero attached hydrogens (tertiary/aromatic N) is 4. The zero-order valence-corrected chi connectivity index (χ0v) is 21.4. The molecule has 2 aliphatic rings. The number of carbonyl (C=O) groups excluding carboxylic acids is 2. The Morgan fingerprint density at radius 2 is 1.61 bits per heavy atom. The van der Waals surface area contributed by atoms with Crippen molar-refractivity contribution in [2.24, 2.45) is 4.99 Å². The molecule has 186 valence electrons. The molecule has 2 aromatic carbocycles. The normalized spacial score (nSPS) is 16.2. The Labute approximate surface area is 213 Å². The molecule has 1 saturated carbocycles. The average molecular weight is 483 g/mol. The zero-order chi connectivity index (χ0) is 25.2. The Kier molecular flexibility index (Phi) is 6.77. The number of para-hydroxylation sites is 1. The molecule has 0 N–H and O–H groups in total. The number of anilines is 1. The van der Waals surface area contributed by atoms with Crippen LogP contribution in [0.5, 0.6) is 0 Å². The first-order valence-electron chi connectivity index (χ1n) is 12.9. The fraction of sp³-hybridized carbons (Fsp3) is 0.367. The lowest BCUT2D eigenvalue weighted by atomic mass is 9.84. The maximum absolute atomic E-state index is 13.8. The number of aliphatic imine (C=N–C) groups is 1. The fourth-order valence-electron chi connectivity index (χ4n) is 5.32. The smallest absolute Gasteiger partial charge is 0.295 e. The van der Waals surface area contributed by atoms with Crippen LogP contribution in [-0.2, 0) is 13.1 Å². The van der Waals surface area contributed by atoms with E-state index in [4.69, 9.17) is 0 Å². The first-order chi connectivity index (χ1) is 17.4. The number of benzene rings is 2. The molecule has 0 bridgehead atoms. The molecule has 1 fully saturated rings. The lowest BCUT2D eigenvalue weighted by molar-refractivity contribution is 0.0982. The summed E-state index contributed by atoms with van der Waals surface area (Å²) in [6, 6.07) is 19.9. The van der Waals surface area contributed by atoms with Gasteiger partial charge in [0.25, 0.3) is 11.8 Å². The number of aromatic nitrogens is 1. The van der Waals surface area contributed by atoms with E-state index < -0.39 is 0 Å². The molecule has 3 aromatic rings. The van der Waals surface area contributed by atoms with Crippen LogP contribution in [0.25, 0.3) is 0 Å². The van der Waals surface area contributed by atoms with Crippen LogP contribution < -0.4 is 4.90 Å². The zero-order valence-electron chi connectivity index (χ0n) is 21.4. The molecule has 0 saturated heterocycles. The van der Waals surface area contributed by atoms with Crippen molar-refractivity contribution in [1.29, 1.82) is 0 Å². The molecule has 2 heterocycles. The van der Waals surface area contributed by atoms with Crippen LogP contribution in [0, 0.1) is 0 Å². The molecule has 0 unspecified atom stereocenters. The van der Waals surface area contributed by atoms with Gasteiger partial charge in [-0.1, -0.05) is 49.6 Å². The van der Waals surface area contributed by atoms with Crippen LogP contribution in [0.2, 0.25) is 0 Å². The molecular weight excluding hydrogens is 448 g/mol. The summed E-state index contributed by atoms with van der Waals surface area (Å²) < 4.78 is 1.99. The summed E-state index contributed by atoms with van der Waals surface area (Å²) in [5.41, 5.74) is 5.36. The highest BCUT2D eigenvalue weighted by atomic mass is 16.2. The summed E-state index contributed by atoms with van der Waals surface area (Å²) in [6.07, 6.45) is 6.39. The molecule has 0 spiro atoms. The third-order valence-corrected chi connectivity index (χ3v) is 7.61. The van der Waals surface area contributed by atoms with E-state index in [1.165, 1.54) is 37.7 Å². The SMILES string of the molecule is CC(=NC(=O)c1ccc2n1Cc1ccccc1N(C(=O)c1ccc(C3CCCCC3)cc1)C2)N(C)C. The second-order valence-corrected chi connectivity index (χ2v) is 10.1. The maximum Gasteiger partial charge on any atom is 0.295 e. The first kappa shape index (κ1) is 24.0. The maximum atomic E-state index is 13.8. The van der Waals surface area contributed by atoms with Crippen LogP contribution in [0.3, 0.4) is 0 Å². The molecule has 36 heavy (non-hydrogen) atoms. The van der Waals surface area contributed by atoms with Gasteiger partial charge in [-0.2, -0.15) is 4.99 Å². The van der Waals surface area contributed by atoms with E-state index in [-0.39, 0.29) is 11.8 Å². The summed E-state index contributed by atoms with van der Waals surface area (Å²) in [4.78, 5) is 34.7. The van der Waals surface area contributed by atoms with Crippen molar-refractivity contribution in [3.63, 3.8) is 0 Å². The van der Waals surface area contributed by atoms with Crippen molar-refractivity contribution in [3.05, 3.63) is 88.7 Å². The monoisotopic (exact) mass is 482 g/mol. The number of hydrogen-bond donors (Lipinski definition) is 0. The minimum absolute atomic E-state index is 0.0263. The topological polar surface area (TPSA) is 57.9 Å². The third-order valence-electron chi connectivity index (χ3n) is 7.61. The summed E-state index contributed by atoms with van der Waals surface area (Å²) >= 11 is 0. The lowest BCUT2D eigenvalue weighted by Crippen LogP contribution is -2.30. The van der Waals surface area contributed by atoms with Gasteiger partial charge in [-0.05, 0) is 67.1 Å². The summed E-state index contributed by atoms with van der Waals surface area (Å²) in [5, 5.41) is 0. The third kappa shape index (κ3) is 4.72. The van der Waals surface area contributed by atoms with E-state index in [9.17, 15) is 9.59 Å². The fourth-order valence-corrected chi connectivity index (χ4v) is 5.32. The van der Waals surface area contributed by atoms with Crippen molar-refractivity contribution in [1.82, 2.24) is 9.47 Å². The predicted molar refractivity (Wildman–Crippen MR) is 144 cm³/mol. The van der Waals surface area contributed by atoms with Gasteiger partial charge in [0.1, 0.15) is 11.5 Å². The Hall–Kier alpha value is -3.67. The van der Waals surface area contributed by atoms with Crippen molar-refractivity contribution < 1.29 is 9.59 Å². The predicted octanol–water partition coefficient (Wildman–Crippen LogP) is 5.86. The summed E-state index contributed by atoms with van der Waals surface area (Å²) in [6.45, 7) is 2.73. The second kappa shape index (κ2) is 10.1. The molecule has 1 aliphatic heterocycles. The number of amides is 2. The van der Waals surface area contributed by atoms with E-state index in [2.05, 4.69) is 17.1 Å². The highest BCUT2D eigenvalue weighted by Crippen LogP contribution is 2.34. The van der Waals surface area contributed by atoms with Crippen LogP contribution in [0.1, 0.15) is 82.6 Å². The minimum Gasteiger partial charge on any atom is -0.366 e. The van der Waals surface area contributed by atoms with Crippen LogP contribution in [0.15, 0.2) is 65.7 Å². The van der Waals surface area contributed by atoms with Gasteiger partial charge in [-0.3, -0.25) is 9.59 Å². The number of amidine groups is 1. The van der Waals surface area contributed by atoms with Crippen LogP contribution in [-0.4, -0.2) is 41.2 Å². The van der Waals surface area contributed by atoms with Gasteiger partial charge in [0.2, 0.25) is 0 Å². The Bertz CT molecular complexity index is 1300.